The number of rotatable bonds is 2. The fraction of sp³-hybridized carbons (Fsp3) is 0.375. The Labute approximate surface area is 97.2 Å². The third kappa shape index (κ3) is 3.62. The van der Waals surface area contributed by atoms with Gasteiger partial charge in [0.2, 0.25) is 0 Å². The van der Waals surface area contributed by atoms with Gasteiger partial charge in [0, 0.05) is 17.1 Å². The van der Waals surface area contributed by atoms with E-state index in [0.717, 1.165) is 0 Å². The first-order valence-corrected chi connectivity index (χ1v) is 5.02. The summed E-state index contributed by atoms with van der Waals surface area (Å²) < 4.78 is 36.5. The van der Waals surface area contributed by atoms with Crippen LogP contribution >= 0.6 is 27.5 Å². The van der Waals surface area contributed by atoms with Crippen molar-refractivity contribution in [1.29, 1.82) is 0 Å². The standard InChI is InChI=1S/C8H6BrClF3NO/c9-5-3-14-7(10)2-4(5)1-6(15)8(11,12)13/h2-3,6,15H,1H2. The summed E-state index contributed by atoms with van der Waals surface area (Å²) in [5.74, 6) is 0. The van der Waals surface area contributed by atoms with Crippen LogP contribution in [0.5, 0.6) is 0 Å². The fourth-order valence-corrected chi connectivity index (χ4v) is 1.49. The van der Waals surface area contributed by atoms with E-state index in [1.807, 2.05) is 0 Å². The Morgan fingerprint density at radius 2 is 2.13 bits per heavy atom. The van der Waals surface area contributed by atoms with Crippen LogP contribution in [0.15, 0.2) is 16.7 Å². The molecule has 1 aromatic rings. The first-order valence-electron chi connectivity index (χ1n) is 3.85. The Kier molecular flexibility index (Phi) is 3.97. The van der Waals surface area contributed by atoms with Crippen LogP contribution < -0.4 is 0 Å². The smallest absolute Gasteiger partial charge is 0.383 e. The molecule has 0 saturated carbocycles. The summed E-state index contributed by atoms with van der Waals surface area (Å²) in [6, 6.07) is 1.28. The highest BCUT2D eigenvalue weighted by Crippen LogP contribution is 2.26. The average molecular weight is 304 g/mol. The third-order valence-corrected chi connectivity index (χ3v) is 2.61. The lowest BCUT2D eigenvalue weighted by molar-refractivity contribution is -0.203. The van der Waals surface area contributed by atoms with E-state index >= 15 is 0 Å². The minimum absolute atomic E-state index is 0.0857. The number of aliphatic hydroxyl groups excluding tert-OH is 1. The second-order valence-corrected chi connectivity index (χ2v) is 4.10. The van der Waals surface area contributed by atoms with E-state index < -0.39 is 18.7 Å². The van der Waals surface area contributed by atoms with Crippen molar-refractivity contribution in [3.8, 4) is 0 Å². The molecule has 7 heteroatoms. The van der Waals surface area contributed by atoms with Crippen LogP contribution in [0, 0.1) is 0 Å². The first kappa shape index (κ1) is 12.7. The molecule has 1 heterocycles. The number of nitrogens with zero attached hydrogens (tertiary/aromatic N) is 1. The quantitative estimate of drug-likeness (QED) is 0.852. The molecular weight excluding hydrogens is 298 g/mol. The van der Waals surface area contributed by atoms with Crippen molar-refractivity contribution in [2.24, 2.45) is 0 Å². The Hall–Kier alpha value is -0.330. The predicted molar refractivity (Wildman–Crippen MR) is 52.7 cm³/mol. The molecule has 1 rings (SSSR count). The van der Waals surface area contributed by atoms with Gasteiger partial charge in [-0.05, 0) is 27.6 Å². The summed E-state index contributed by atoms with van der Waals surface area (Å²) in [6.45, 7) is 0. The number of aliphatic hydroxyl groups is 1. The molecule has 0 spiro atoms. The van der Waals surface area contributed by atoms with Crippen molar-refractivity contribution >= 4 is 27.5 Å². The second kappa shape index (κ2) is 4.67. The normalized spacial score (nSPS) is 14.0. The van der Waals surface area contributed by atoms with Crippen molar-refractivity contribution in [3.05, 3.63) is 27.5 Å². The number of alkyl halides is 3. The van der Waals surface area contributed by atoms with Gasteiger partial charge >= 0.3 is 6.18 Å². The van der Waals surface area contributed by atoms with Crippen LogP contribution in [0.3, 0.4) is 0 Å². The highest BCUT2D eigenvalue weighted by molar-refractivity contribution is 9.10. The van der Waals surface area contributed by atoms with E-state index in [9.17, 15) is 13.2 Å². The van der Waals surface area contributed by atoms with E-state index in [1.54, 1.807) is 0 Å². The predicted octanol–water partition coefficient (Wildman–Crippen LogP) is 2.96. The zero-order chi connectivity index (χ0) is 11.6. The average Bonchev–Trinajstić information content (AvgIpc) is 2.09. The first-order chi connectivity index (χ1) is 6.80. The number of hydrogen-bond donors (Lipinski definition) is 1. The summed E-state index contributed by atoms with van der Waals surface area (Å²) in [5.41, 5.74) is 0.264. The maximum Gasteiger partial charge on any atom is 0.414 e. The molecule has 1 atom stereocenters. The molecule has 15 heavy (non-hydrogen) atoms. The molecule has 0 aromatic carbocycles. The van der Waals surface area contributed by atoms with Gasteiger partial charge in [-0.2, -0.15) is 13.2 Å². The molecule has 0 radical (unpaired) electrons. The number of hydrogen-bond acceptors (Lipinski definition) is 2. The molecule has 84 valence electrons. The number of pyridine rings is 1. The Bertz CT molecular complexity index is 358. The van der Waals surface area contributed by atoms with Crippen LogP contribution in [-0.2, 0) is 6.42 Å². The molecule has 0 aliphatic rings. The van der Waals surface area contributed by atoms with Gasteiger partial charge in [-0.15, -0.1) is 0 Å². The maximum absolute atomic E-state index is 12.1. The summed E-state index contributed by atoms with van der Waals surface area (Å²) in [4.78, 5) is 3.66. The monoisotopic (exact) mass is 303 g/mol. The number of aromatic nitrogens is 1. The molecule has 0 amide bonds. The Morgan fingerprint density at radius 3 is 2.67 bits per heavy atom. The molecule has 0 aliphatic carbocycles. The summed E-state index contributed by atoms with van der Waals surface area (Å²) in [6.07, 6.45) is -6.28. The van der Waals surface area contributed by atoms with Gasteiger partial charge in [0.1, 0.15) is 5.15 Å². The summed E-state index contributed by atoms with van der Waals surface area (Å²) in [7, 11) is 0. The lowest BCUT2D eigenvalue weighted by atomic mass is 10.1. The molecular formula is C8H6BrClF3NO. The van der Waals surface area contributed by atoms with Crippen LogP contribution in [0.25, 0.3) is 0 Å². The molecule has 0 bridgehead atoms. The topological polar surface area (TPSA) is 33.1 Å². The molecule has 1 aromatic heterocycles. The Morgan fingerprint density at radius 1 is 1.53 bits per heavy atom. The van der Waals surface area contributed by atoms with E-state index in [-0.39, 0.29) is 10.7 Å². The SMILES string of the molecule is OC(Cc1cc(Cl)ncc1Br)C(F)(F)F. The lowest BCUT2D eigenvalue weighted by Crippen LogP contribution is -2.30. The van der Waals surface area contributed by atoms with Gasteiger partial charge in [-0.1, -0.05) is 11.6 Å². The Balaban J connectivity index is 2.85. The van der Waals surface area contributed by atoms with E-state index in [2.05, 4.69) is 20.9 Å². The van der Waals surface area contributed by atoms with E-state index in [0.29, 0.717) is 4.47 Å². The molecule has 0 aliphatic heterocycles. The van der Waals surface area contributed by atoms with Crippen molar-refractivity contribution in [2.75, 3.05) is 0 Å². The second-order valence-electron chi connectivity index (χ2n) is 2.86. The van der Waals surface area contributed by atoms with Crippen molar-refractivity contribution < 1.29 is 18.3 Å². The van der Waals surface area contributed by atoms with Gasteiger partial charge in [0.25, 0.3) is 0 Å². The van der Waals surface area contributed by atoms with Crippen LogP contribution in [0.1, 0.15) is 5.56 Å². The zero-order valence-electron chi connectivity index (χ0n) is 7.22. The summed E-state index contributed by atoms with van der Waals surface area (Å²) in [5, 5.41) is 8.93. The van der Waals surface area contributed by atoms with E-state index in [1.165, 1.54) is 12.3 Å². The van der Waals surface area contributed by atoms with Gasteiger partial charge in [-0.25, -0.2) is 4.98 Å². The van der Waals surface area contributed by atoms with E-state index in [4.69, 9.17) is 16.7 Å². The van der Waals surface area contributed by atoms with Crippen LogP contribution in [0.2, 0.25) is 5.15 Å². The molecule has 2 nitrogen and oxygen atoms in total. The minimum atomic E-state index is -4.63. The van der Waals surface area contributed by atoms with Gasteiger partial charge in [-0.3, -0.25) is 0 Å². The third-order valence-electron chi connectivity index (χ3n) is 1.69. The van der Waals surface area contributed by atoms with Crippen molar-refractivity contribution in [3.63, 3.8) is 0 Å². The minimum Gasteiger partial charge on any atom is -0.383 e. The van der Waals surface area contributed by atoms with Gasteiger partial charge < -0.3 is 5.11 Å². The molecule has 1 unspecified atom stereocenters. The van der Waals surface area contributed by atoms with Crippen LogP contribution in [0.4, 0.5) is 13.2 Å². The molecule has 0 fully saturated rings. The number of halogens is 5. The van der Waals surface area contributed by atoms with Crippen molar-refractivity contribution in [2.45, 2.75) is 18.7 Å². The van der Waals surface area contributed by atoms with Crippen LogP contribution in [-0.4, -0.2) is 22.4 Å². The molecule has 0 saturated heterocycles. The fourth-order valence-electron chi connectivity index (χ4n) is 0.932. The van der Waals surface area contributed by atoms with Gasteiger partial charge in [0.05, 0.1) is 0 Å². The summed E-state index contributed by atoms with van der Waals surface area (Å²) >= 11 is 8.55. The lowest BCUT2D eigenvalue weighted by Gasteiger charge is -2.15. The molecule has 1 N–H and O–H groups in total. The maximum atomic E-state index is 12.1. The van der Waals surface area contributed by atoms with Crippen molar-refractivity contribution in [1.82, 2.24) is 4.98 Å². The zero-order valence-corrected chi connectivity index (χ0v) is 9.57. The highest BCUT2D eigenvalue weighted by Gasteiger charge is 2.38. The van der Waals surface area contributed by atoms with Gasteiger partial charge in [0.15, 0.2) is 6.10 Å². The largest absolute Gasteiger partial charge is 0.414 e. The highest BCUT2D eigenvalue weighted by atomic mass is 79.9.